The zero-order chi connectivity index (χ0) is 22.5. The number of nitrogens with zero attached hydrogens (tertiary/aromatic N) is 3. The van der Waals surface area contributed by atoms with E-state index < -0.39 is 0 Å². The Kier molecular flexibility index (Phi) is 6.72. The highest BCUT2D eigenvalue weighted by molar-refractivity contribution is 7.23. The van der Waals surface area contributed by atoms with E-state index in [0.717, 1.165) is 10.4 Å². The van der Waals surface area contributed by atoms with Gasteiger partial charge in [-0.15, -0.1) is 0 Å². The molecule has 0 atom stereocenters. The molecule has 2 heterocycles. The first-order valence-electron chi connectivity index (χ1n) is 9.69. The van der Waals surface area contributed by atoms with Crippen molar-refractivity contribution in [3.63, 3.8) is 0 Å². The van der Waals surface area contributed by atoms with Gasteiger partial charge in [0, 0.05) is 12.3 Å². The van der Waals surface area contributed by atoms with Gasteiger partial charge in [0.1, 0.15) is 22.8 Å². The number of rotatable bonds is 8. The number of aromatic nitrogens is 2. The van der Waals surface area contributed by atoms with E-state index in [0.29, 0.717) is 32.9 Å². The number of hydrogen-bond acceptors (Lipinski definition) is 7. The van der Waals surface area contributed by atoms with E-state index in [1.807, 2.05) is 18.2 Å². The average Bonchev–Trinajstić information content (AvgIpc) is 3.28. The smallest absolute Gasteiger partial charge is 0.267 e. The highest BCUT2D eigenvalue weighted by atomic mass is 35.5. The van der Waals surface area contributed by atoms with Gasteiger partial charge in [-0.3, -0.25) is 14.7 Å². The highest BCUT2D eigenvalue weighted by Crippen LogP contribution is 2.39. The fraction of sp³-hybridized carbons (Fsp3) is 0.174. The predicted octanol–water partition coefficient (Wildman–Crippen LogP) is 4.97. The fourth-order valence-corrected chi connectivity index (χ4v) is 4.32. The molecule has 0 aliphatic carbocycles. The third kappa shape index (κ3) is 4.76. The SMILES string of the molecule is COc1cccc(OCC(=O)N(Cc2ccccn2)c2nc3c(OC)ccc(Cl)c3s2)c1. The summed E-state index contributed by atoms with van der Waals surface area (Å²) in [5, 5.41) is 1.03. The van der Waals surface area contributed by atoms with Crippen molar-refractivity contribution in [3.8, 4) is 17.2 Å². The number of carbonyl (C=O) groups excluding carboxylic acids is 1. The van der Waals surface area contributed by atoms with Gasteiger partial charge >= 0.3 is 0 Å². The standard InChI is InChI=1S/C23H20ClN3O4S/c1-29-16-7-5-8-17(12-16)31-14-20(28)27(13-15-6-3-4-11-25-15)23-26-21-19(30-2)10-9-18(24)22(21)32-23/h3-12H,13-14H2,1-2H3. The highest BCUT2D eigenvalue weighted by Gasteiger charge is 2.23. The van der Waals surface area contributed by atoms with Crippen LogP contribution >= 0.6 is 22.9 Å². The maximum Gasteiger partial charge on any atom is 0.267 e. The molecule has 0 saturated heterocycles. The number of carbonyl (C=O) groups is 1. The summed E-state index contributed by atoms with van der Waals surface area (Å²) in [5.74, 6) is 1.50. The molecular weight excluding hydrogens is 450 g/mol. The lowest BCUT2D eigenvalue weighted by Crippen LogP contribution is -2.34. The molecule has 7 nitrogen and oxygen atoms in total. The van der Waals surface area contributed by atoms with Crippen molar-refractivity contribution in [2.24, 2.45) is 0 Å². The molecule has 0 spiro atoms. The first-order chi connectivity index (χ1) is 15.6. The van der Waals surface area contributed by atoms with Crippen molar-refractivity contribution in [3.05, 3.63) is 71.5 Å². The van der Waals surface area contributed by atoms with Crippen LogP contribution in [0, 0.1) is 0 Å². The summed E-state index contributed by atoms with van der Waals surface area (Å²) in [6.45, 7) is 0.0572. The third-order valence-corrected chi connectivity index (χ3v) is 6.19. The molecule has 2 aromatic carbocycles. The number of ether oxygens (including phenoxy) is 3. The summed E-state index contributed by atoms with van der Waals surface area (Å²) in [5.41, 5.74) is 1.33. The van der Waals surface area contributed by atoms with E-state index >= 15 is 0 Å². The van der Waals surface area contributed by atoms with E-state index in [1.54, 1.807) is 61.7 Å². The molecule has 0 radical (unpaired) electrons. The molecule has 0 saturated carbocycles. The van der Waals surface area contributed by atoms with E-state index in [9.17, 15) is 4.79 Å². The van der Waals surface area contributed by atoms with Crippen LogP contribution in [0.3, 0.4) is 0 Å². The largest absolute Gasteiger partial charge is 0.497 e. The predicted molar refractivity (Wildman–Crippen MR) is 125 cm³/mol. The van der Waals surface area contributed by atoms with Crippen molar-refractivity contribution in [1.82, 2.24) is 9.97 Å². The molecule has 9 heteroatoms. The molecule has 0 N–H and O–H groups in total. The molecule has 4 rings (SSSR count). The number of fused-ring (bicyclic) bond motifs is 1. The van der Waals surface area contributed by atoms with Gasteiger partial charge in [0.15, 0.2) is 11.7 Å². The number of pyridine rings is 1. The number of anilines is 1. The van der Waals surface area contributed by atoms with E-state index in [4.69, 9.17) is 25.8 Å². The molecule has 0 bridgehead atoms. The summed E-state index contributed by atoms with van der Waals surface area (Å²) in [7, 11) is 3.14. The normalized spacial score (nSPS) is 10.7. The molecule has 0 unspecified atom stereocenters. The van der Waals surface area contributed by atoms with Gasteiger partial charge in [-0.2, -0.15) is 0 Å². The summed E-state index contributed by atoms with van der Waals surface area (Å²) in [6.07, 6.45) is 1.68. The van der Waals surface area contributed by atoms with Crippen LogP contribution < -0.4 is 19.1 Å². The van der Waals surface area contributed by atoms with E-state index in [2.05, 4.69) is 9.97 Å². The van der Waals surface area contributed by atoms with Crippen LogP contribution in [0.1, 0.15) is 5.69 Å². The van der Waals surface area contributed by atoms with Gasteiger partial charge < -0.3 is 14.2 Å². The molecule has 4 aromatic rings. The Hall–Kier alpha value is -3.36. The van der Waals surface area contributed by atoms with E-state index in [-0.39, 0.29) is 19.1 Å². The van der Waals surface area contributed by atoms with Crippen LogP contribution in [-0.2, 0) is 11.3 Å². The number of halogens is 1. The topological polar surface area (TPSA) is 73.8 Å². The summed E-state index contributed by atoms with van der Waals surface area (Å²) >= 11 is 7.69. The molecule has 1 amide bonds. The van der Waals surface area contributed by atoms with Crippen LogP contribution in [0.2, 0.25) is 5.02 Å². The maximum absolute atomic E-state index is 13.2. The number of amides is 1. The number of hydrogen-bond donors (Lipinski definition) is 0. The quantitative estimate of drug-likeness (QED) is 0.362. The van der Waals surface area contributed by atoms with Crippen molar-refractivity contribution >= 4 is 44.2 Å². The molecule has 0 aliphatic rings. The first kappa shape index (κ1) is 21.9. The lowest BCUT2D eigenvalue weighted by atomic mass is 10.3. The summed E-state index contributed by atoms with van der Waals surface area (Å²) in [6, 6.07) is 16.1. The Morgan fingerprint density at radius 3 is 2.66 bits per heavy atom. The van der Waals surface area contributed by atoms with Gasteiger partial charge in [0.05, 0.1) is 36.2 Å². The number of thiazole rings is 1. The first-order valence-corrected chi connectivity index (χ1v) is 10.9. The Morgan fingerprint density at radius 2 is 1.91 bits per heavy atom. The summed E-state index contributed by atoms with van der Waals surface area (Å²) < 4.78 is 17.1. The number of benzene rings is 2. The van der Waals surface area contributed by atoms with Crippen molar-refractivity contribution < 1.29 is 19.0 Å². The minimum atomic E-state index is -0.271. The van der Waals surface area contributed by atoms with Crippen molar-refractivity contribution in [2.45, 2.75) is 6.54 Å². The molecule has 0 aliphatic heterocycles. The molecular formula is C23H20ClN3O4S. The van der Waals surface area contributed by atoms with Gasteiger partial charge in [-0.05, 0) is 36.4 Å². The van der Waals surface area contributed by atoms with Gasteiger partial charge in [-0.25, -0.2) is 4.98 Å². The van der Waals surface area contributed by atoms with Crippen LogP contribution in [0.15, 0.2) is 60.8 Å². The zero-order valence-electron chi connectivity index (χ0n) is 17.4. The second-order valence-corrected chi connectivity index (χ2v) is 8.08. The lowest BCUT2D eigenvalue weighted by molar-refractivity contribution is -0.120. The second kappa shape index (κ2) is 9.84. The Balaban J connectivity index is 1.65. The molecule has 164 valence electrons. The maximum atomic E-state index is 13.2. The van der Waals surface area contributed by atoms with E-state index in [1.165, 1.54) is 11.3 Å². The van der Waals surface area contributed by atoms with Crippen LogP contribution in [0.5, 0.6) is 17.2 Å². The van der Waals surface area contributed by atoms with Crippen molar-refractivity contribution in [2.75, 3.05) is 25.7 Å². The van der Waals surface area contributed by atoms with Crippen molar-refractivity contribution in [1.29, 1.82) is 0 Å². The van der Waals surface area contributed by atoms with Crippen LogP contribution in [0.25, 0.3) is 10.2 Å². The Labute approximate surface area is 194 Å². The molecule has 32 heavy (non-hydrogen) atoms. The molecule has 0 fully saturated rings. The van der Waals surface area contributed by atoms with Gasteiger partial charge in [0.2, 0.25) is 0 Å². The minimum absolute atomic E-state index is 0.180. The summed E-state index contributed by atoms with van der Waals surface area (Å²) in [4.78, 5) is 23.8. The van der Waals surface area contributed by atoms with Gasteiger partial charge in [0.25, 0.3) is 5.91 Å². The minimum Gasteiger partial charge on any atom is -0.497 e. The lowest BCUT2D eigenvalue weighted by Gasteiger charge is -2.19. The second-order valence-electron chi connectivity index (χ2n) is 6.69. The Bertz CT molecular complexity index is 1230. The fourth-order valence-electron chi connectivity index (χ4n) is 3.05. The monoisotopic (exact) mass is 469 g/mol. The van der Waals surface area contributed by atoms with Crippen LogP contribution in [0.4, 0.5) is 5.13 Å². The molecule has 2 aromatic heterocycles. The number of methoxy groups -OCH3 is 2. The zero-order valence-corrected chi connectivity index (χ0v) is 19.0. The average molecular weight is 470 g/mol. The Morgan fingerprint density at radius 1 is 1.06 bits per heavy atom. The van der Waals surface area contributed by atoms with Crippen LogP contribution in [-0.4, -0.2) is 36.7 Å². The third-order valence-electron chi connectivity index (χ3n) is 4.65. The van der Waals surface area contributed by atoms with Gasteiger partial charge in [-0.1, -0.05) is 35.1 Å².